The Morgan fingerprint density at radius 3 is 2.45 bits per heavy atom. The first-order valence-electron chi connectivity index (χ1n) is 9.84. The minimum Gasteiger partial charge on any atom is -0.496 e. The van der Waals surface area contributed by atoms with Gasteiger partial charge in [0.15, 0.2) is 17.8 Å². The van der Waals surface area contributed by atoms with Crippen molar-refractivity contribution < 1.29 is 13.9 Å². The van der Waals surface area contributed by atoms with Gasteiger partial charge in [-0.1, -0.05) is 48.5 Å². The van der Waals surface area contributed by atoms with E-state index in [9.17, 15) is 4.79 Å². The summed E-state index contributed by atoms with van der Waals surface area (Å²) in [6.07, 6.45) is 1.34. The van der Waals surface area contributed by atoms with Crippen molar-refractivity contribution in [3.8, 4) is 17.1 Å². The molecule has 2 aromatic carbocycles. The standard InChI is InChI=1S/C23H25N3O3/c1-17(19-10-6-7-11-20(19)28-2)25-12-14-26(15-13-25)23(27)21-22(29-16-24-21)18-8-4-3-5-9-18/h3-11,16-17H,12-15H2,1-2H3/t17-/m0/s1. The Bertz CT molecular complexity index is 962. The summed E-state index contributed by atoms with van der Waals surface area (Å²) in [6.45, 7) is 5.08. The number of hydrogen-bond donors (Lipinski definition) is 0. The molecule has 1 aliphatic rings. The summed E-state index contributed by atoms with van der Waals surface area (Å²) in [5, 5.41) is 0. The van der Waals surface area contributed by atoms with Crippen LogP contribution in [-0.4, -0.2) is 54.0 Å². The Morgan fingerprint density at radius 1 is 1.03 bits per heavy atom. The van der Waals surface area contributed by atoms with E-state index in [1.54, 1.807) is 7.11 Å². The first-order valence-corrected chi connectivity index (χ1v) is 9.84. The van der Waals surface area contributed by atoms with Crippen molar-refractivity contribution in [2.45, 2.75) is 13.0 Å². The van der Waals surface area contributed by atoms with Crippen LogP contribution < -0.4 is 4.74 Å². The Hall–Kier alpha value is -3.12. The van der Waals surface area contributed by atoms with Crippen LogP contribution in [-0.2, 0) is 0 Å². The van der Waals surface area contributed by atoms with E-state index in [1.807, 2.05) is 53.4 Å². The van der Waals surface area contributed by atoms with E-state index in [-0.39, 0.29) is 11.9 Å². The fourth-order valence-electron chi connectivity index (χ4n) is 3.86. The second-order valence-corrected chi connectivity index (χ2v) is 7.14. The molecule has 0 saturated carbocycles. The molecule has 0 N–H and O–H groups in total. The van der Waals surface area contributed by atoms with Gasteiger partial charge in [0, 0.05) is 43.3 Å². The van der Waals surface area contributed by atoms with E-state index < -0.39 is 0 Å². The first kappa shape index (κ1) is 19.2. The molecule has 6 heteroatoms. The highest BCUT2D eigenvalue weighted by Crippen LogP contribution is 2.30. The minimum atomic E-state index is -0.0813. The summed E-state index contributed by atoms with van der Waals surface area (Å²) in [4.78, 5) is 21.5. The average Bonchev–Trinajstić information content (AvgIpc) is 3.29. The van der Waals surface area contributed by atoms with Crippen LogP contribution >= 0.6 is 0 Å². The van der Waals surface area contributed by atoms with Gasteiger partial charge < -0.3 is 14.1 Å². The third-order valence-electron chi connectivity index (χ3n) is 5.54. The second kappa shape index (κ2) is 8.49. The fourth-order valence-corrected chi connectivity index (χ4v) is 3.86. The molecule has 29 heavy (non-hydrogen) atoms. The maximum absolute atomic E-state index is 13.1. The van der Waals surface area contributed by atoms with Crippen LogP contribution in [0.3, 0.4) is 0 Å². The molecule has 6 nitrogen and oxygen atoms in total. The lowest BCUT2D eigenvalue weighted by molar-refractivity contribution is 0.0575. The highest BCUT2D eigenvalue weighted by atomic mass is 16.5. The molecule has 0 bridgehead atoms. The maximum atomic E-state index is 13.1. The van der Waals surface area contributed by atoms with Crippen molar-refractivity contribution in [2.75, 3.05) is 33.3 Å². The average molecular weight is 391 g/mol. The molecular formula is C23H25N3O3. The Kier molecular flexibility index (Phi) is 5.62. The zero-order valence-electron chi connectivity index (χ0n) is 16.7. The Labute approximate surface area is 170 Å². The molecule has 0 radical (unpaired) electrons. The summed E-state index contributed by atoms with van der Waals surface area (Å²) in [5.41, 5.74) is 2.40. The lowest BCUT2D eigenvalue weighted by atomic mass is 10.0. The number of aromatic nitrogens is 1. The zero-order valence-corrected chi connectivity index (χ0v) is 16.7. The van der Waals surface area contributed by atoms with E-state index in [2.05, 4.69) is 22.9 Å². The number of methoxy groups -OCH3 is 1. The molecule has 3 aromatic rings. The molecule has 1 fully saturated rings. The maximum Gasteiger partial charge on any atom is 0.276 e. The first-order chi connectivity index (χ1) is 14.2. The van der Waals surface area contributed by atoms with Gasteiger partial charge in [-0.2, -0.15) is 0 Å². The molecule has 0 spiro atoms. The number of amides is 1. The Balaban J connectivity index is 1.44. The van der Waals surface area contributed by atoms with Crippen molar-refractivity contribution in [3.63, 3.8) is 0 Å². The van der Waals surface area contributed by atoms with Gasteiger partial charge >= 0.3 is 0 Å². The van der Waals surface area contributed by atoms with Gasteiger partial charge in [0.25, 0.3) is 5.91 Å². The van der Waals surface area contributed by atoms with Crippen LogP contribution in [0.5, 0.6) is 5.75 Å². The summed E-state index contributed by atoms with van der Waals surface area (Å²) in [6, 6.07) is 17.9. The van der Waals surface area contributed by atoms with Crippen LogP contribution in [0.2, 0.25) is 0 Å². The van der Waals surface area contributed by atoms with Crippen molar-refractivity contribution in [2.24, 2.45) is 0 Å². The zero-order chi connectivity index (χ0) is 20.2. The van der Waals surface area contributed by atoms with Crippen LogP contribution in [0, 0.1) is 0 Å². The lowest BCUT2D eigenvalue weighted by Crippen LogP contribution is -2.49. The second-order valence-electron chi connectivity index (χ2n) is 7.14. The van der Waals surface area contributed by atoms with Gasteiger partial charge in [0.1, 0.15) is 5.75 Å². The number of nitrogens with zero attached hydrogens (tertiary/aromatic N) is 3. The molecule has 1 saturated heterocycles. The van der Waals surface area contributed by atoms with E-state index in [4.69, 9.17) is 9.15 Å². The Morgan fingerprint density at radius 2 is 1.72 bits per heavy atom. The van der Waals surface area contributed by atoms with Crippen LogP contribution in [0.1, 0.15) is 29.0 Å². The SMILES string of the molecule is COc1ccccc1[C@H](C)N1CCN(C(=O)c2ncoc2-c2ccccc2)CC1. The molecule has 1 aliphatic heterocycles. The monoisotopic (exact) mass is 391 g/mol. The molecule has 2 heterocycles. The molecule has 1 aromatic heterocycles. The molecule has 4 rings (SSSR count). The number of benzene rings is 2. The number of carbonyl (C=O) groups is 1. The third kappa shape index (κ3) is 3.89. The molecular weight excluding hydrogens is 366 g/mol. The number of rotatable bonds is 5. The van der Waals surface area contributed by atoms with E-state index in [0.717, 1.165) is 30.0 Å². The molecule has 1 amide bonds. The predicted octanol–water partition coefficient (Wildman–Crippen LogP) is 3.87. The molecule has 1 atom stereocenters. The van der Waals surface area contributed by atoms with Gasteiger partial charge in [0.2, 0.25) is 0 Å². The summed E-state index contributed by atoms with van der Waals surface area (Å²) in [7, 11) is 1.70. The summed E-state index contributed by atoms with van der Waals surface area (Å²) in [5.74, 6) is 1.34. The van der Waals surface area contributed by atoms with Crippen LogP contribution in [0.15, 0.2) is 65.4 Å². The molecule has 0 unspecified atom stereocenters. The highest BCUT2D eigenvalue weighted by Gasteiger charge is 2.29. The number of ether oxygens (including phenoxy) is 1. The summed E-state index contributed by atoms with van der Waals surface area (Å²) >= 11 is 0. The number of piperazine rings is 1. The van der Waals surface area contributed by atoms with Gasteiger partial charge in [-0.25, -0.2) is 4.98 Å². The van der Waals surface area contributed by atoms with E-state index >= 15 is 0 Å². The van der Waals surface area contributed by atoms with Crippen LogP contribution in [0.25, 0.3) is 11.3 Å². The van der Waals surface area contributed by atoms with Crippen molar-refractivity contribution in [1.82, 2.24) is 14.8 Å². The number of para-hydroxylation sites is 1. The van der Waals surface area contributed by atoms with Crippen molar-refractivity contribution >= 4 is 5.91 Å². The van der Waals surface area contributed by atoms with Gasteiger partial charge in [-0.15, -0.1) is 0 Å². The number of hydrogen-bond acceptors (Lipinski definition) is 5. The fraction of sp³-hybridized carbons (Fsp3) is 0.304. The van der Waals surface area contributed by atoms with Gasteiger partial charge in [0.05, 0.1) is 7.11 Å². The van der Waals surface area contributed by atoms with Crippen LogP contribution in [0.4, 0.5) is 0 Å². The lowest BCUT2D eigenvalue weighted by Gasteiger charge is -2.38. The molecule has 0 aliphatic carbocycles. The number of oxazole rings is 1. The van der Waals surface area contributed by atoms with Crippen molar-refractivity contribution in [3.05, 3.63) is 72.2 Å². The summed E-state index contributed by atoms with van der Waals surface area (Å²) < 4.78 is 11.0. The van der Waals surface area contributed by atoms with Gasteiger partial charge in [-0.05, 0) is 13.0 Å². The largest absolute Gasteiger partial charge is 0.496 e. The van der Waals surface area contributed by atoms with E-state index in [1.165, 1.54) is 6.39 Å². The normalized spacial score (nSPS) is 15.9. The topological polar surface area (TPSA) is 58.8 Å². The van der Waals surface area contributed by atoms with Crippen molar-refractivity contribution in [1.29, 1.82) is 0 Å². The third-order valence-corrected chi connectivity index (χ3v) is 5.54. The number of carbonyl (C=O) groups excluding carboxylic acids is 1. The minimum absolute atomic E-state index is 0.0813. The van der Waals surface area contributed by atoms with Gasteiger partial charge in [-0.3, -0.25) is 9.69 Å². The highest BCUT2D eigenvalue weighted by molar-refractivity contribution is 5.97. The molecule has 150 valence electrons. The van der Waals surface area contributed by atoms with E-state index in [0.29, 0.717) is 24.5 Å². The quantitative estimate of drug-likeness (QED) is 0.661. The smallest absolute Gasteiger partial charge is 0.276 e. The predicted molar refractivity (Wildman–Crippen MR) is 111 cm³/mol.